The minimum Gasteiger partial charge on any atom is -0.333 e. The quantitative estimate of drug-likeness (QED) is 0.918. The molecule has 0 bridgehead atoms. The number of rotatable bonds is 3. The first-order chi connectivity index (χ1) is 9.41. The molecule has 1 aliphatic heterocycles. The van der Waals surface area contributed by atoms with Gasteiger partial charge in [0.2, 0.25) is 0 Å². The van der Waals surface area contributed by atoms with Gasteiger partial charge in [-0.3, -0.25) is 9.48 Å². The summed E-state index contributed by atoms with van der Waals surface area (Å²) in [5, 5.41) is 4.39. The van der Waals surface area contributed by atoms with Crippen LogP contribution in [0.3, 0.4) is 0 Å². The van der Waals surface area contributed by atoms with Crippen LogP contribution in [0.1, 0.15) is 62.1 Å². The van der Waals surface area contributed by atoms with Gasteiger partial charge in [0.25, 0.3) is 5.91 Å². The molecule has 0 aliphatic carbocycles. The second-order valence-electron chi connectivity index (χ2n) is 6.15. The molecule has 1 saturated heterocycles. The number of carbonyl (C=O) groups excluding carboxylic acids is 1. The number of likely N-dealkylation sites (tertiary alicyclic amines) is 1. The number of hydrogen-bond acceptors (Lipinski definition) is 3. The van der Waals surface area contributed by atoms with Crippen LogP contribution in [-0.2, 0) is 7.05 Å². The SMILES string of the molecule is CC(C)c1cc(C(=O)N2CCCCC2C(C)N)nn1C. The number of amides is 1. The Morgan fingerprint density at radius 2 is 2.10 bits per heavy atom. The van der Waals surface area contributed by atoms with Crippen molar-refractivity contribution in [3.63, 3.8) is 0 Å². The normalized spacial score (nSPS) is 21.3. The number of aryl methyl sites for hydroxylation is 1. The van der Waals surface area contributed by atoms with E-state index in [0.717, 1.165) is 31.5 Å². The fraction of sp³-hybridized carbons (Fsp3) is 0.733. The van der Waals surface area contributed by atoms with Gasteiger partial charge in [-0.05, 0) is 38.2 Å². The smallest absolute Gasteiger partial charge is 0.274 e. The molecule has 0 aromatic carbocycles. The van der Waals surface area contributed by atoms with E-state index < -0.39 is 0 Å². The third-order valence-electron chi connectivity index (χ3n) is 4.14. The summed E-state index contributed by atoms with van der Waals surface area (Å²) in [6.45, 7) is 6.99. The molecule has 1 amide bonds. The molecule has 1 aromatic rings. The van der Waals surface area contributed by atoms with Crippen LogP contribution in [0, 0.1) is 0 Å². The van der Waals surface area contributed by atoms with Crippen LogP contribution in [0.25, 0.3) is 0 Å². The molecule has 0 spiro atoms. The van der Waals surface area contributed by atoms with Gasteiger partial charge in [-0.15, -0.1) is 0 Å². The van der Waals surface area contributed by atoms with E-state index in [4.69, 9.17) is 5.73 Å². The fourth-order valence-corrected chi connectivity index (χ4v) is 3.03. The second-order valence-corrected chi connectivity index (χ2v) is 6.15. The number of carbonyl (C=O) groups is 1. The van der Waals surface area contributed by atoms with Crippen molar-refractivity contribution < 1.29 is 4.79 Å². The van der Waals surface area contributed by atoms with Crippen LogP contribution >= 0.6 is 0 Å². The molecule has 112 valence electrons. The highest BCUT2D eigenvalue weighted by molar-refractivity contribution is 5.92. The summed E-state index contributed by atoms with van der Waals surface area (Å²) in [5.41, 5.74) is 7.67. The van der Waals surface area contributed by atoms with E-state index in [-0.39, 0.29) is 18.0 Å². The van der Waals surface area contributed by atoms with E-state index in [1.165, 1.54) is 0 Å². The number of hydrogen-bond donors (Lipinski definition) is 1. The van der Waals surface area contributed by atoms with Crippen molar-refractivity contribution in [1.29, 1.82) is 0 Å². The average Bonchev–Trinajstić information content (AvgIpc) is 2.80. The zero-order valence-electron chi connectivity index (χ0n) is 13.0. The van der Waals surface area contributed by atoms with E-state index in [9.17, 15) is 4.79 Å². The molecular formula is C15H26N4O. The maximum atomic E-state index is 12.7. The van der Waals surface area contributed by atoms with Gasteiger partial charge in [0, 0.05) is 31.4 Å². The Morgan fingerprint density at radius 1 is 1.40 bits per heavy atom. The van der Waals surface area contributed by atoms with Crippen LogP contribution in [0.15, 0.2) is 6.07 Å². The summed E-state index contributed by atoms with van der Waals surface area (Å²) >= 11 is 0. The first-order valence-corrected chi connectivity index (χ1v) is 7.52. The lowest BCUT2D eigenvalue weighted by atomic mass is 9.96. The van der Waals surface area contributed by atoms with Crippen LogP contribution in [0.2, 0.25) is 0 Å². The zero-order valence-corrected chi connectivity index (χ0v) is 13.0. The van der Waals surface area contributed by atoms with E-state index in [1.807, 2.05) is 29.6 Å². The Kier molecular flexibility index (Phi) is 4.48. The van der Waals surface area contributed by atoms with Gasteiger partial charge < -0.3 is 10.6 Å². The second kappa shape index (κ2) is 5.95. The summed E-state index contributed by atoms with van der Waals surface area (Å²) in [4.78, 5) is 14.6. The fourth-order valence-electron chi connectivity index (χ4n) is 3.03. The molecule has 5 heteroatoms. The van der Waals surface area contributed by atoms with Crippen molar-refractivity contribution in [3.8, 4) is 0 Å². The standard InChI is InChI=1S/C15H26N4O/c1-10(2)14-9-12(17-18(14)4)15(20)19-8-6-5-7-13(19)11(3)16/h9-11,13H,5-8,16H2,1-4H3. The topological polar surface area (TPSA) is 64.2 Å². The predicted molar refractivity (Wildman–Crippen MR) is 79.6 cm³/mol. The molecule has 2 rings (SSSR count). The first-order valence-electron chi connectivity index (χ1n) is 7.52. The highest BCUT2D eigenvalue weighted by atomic mass is 16.2. The number of nitrogens with zero attached hydrogens (tertiary/aromatic N) is 3. The molecular weight excluding hydrogens is 252 g/mol. The monoisotopic (exact) mass is 278 g/mol. The van der Waals surface area contributed by atoms with Crippen LogP contribution < -0.4 is 5.73 Å². The Labute approximate surface area is 121 Å². The average molecular weight is 278 g/mol. The molecule has 1 aromatic heterocycles. The lowest BCUT2D eigenvalue weighted by molar-refractivity contribution is 0.0577. The highest BCUT2D eigenvalue weighted by Crippen LogP contribution is 2.22. The largest absolute Gasteiger partial charge is 0.333 e. The van der Waals surface area contributed by atoms with Crippen molar-refractivity contribution in [2.45, 2.75) is 58.0 Å². The van der Waals surface area contributed by atoms with Gasteiger partial charge in [0.05, 0.1) is 0 Å². The molecule has 0 radical (unpaired) electrons. The van der Waals surface area contributed by atoms with Gasteiger partial charge in [0.15, 0.2) is 5.69 Å². The summed E-state index contributed by atoms with van der Waals surface area (Å²) in [5.74, 6) is 0.383. The predicted octanol–water partition coefficient (Wildman–Crippen LogP) is 1.89. The third-order valence-corrected chi connectivity index (χ3v) is 4.14. The third kappa shape index (κ3) is 2.87. The Morgan fingerprint density at radius 3 is 2.65 bits per heavy atom. The van der Waals surface area contributed by atoms with Gasteiger partial charge >= 0.3 is 0 Å². The van der Waals surface area contributed by atoms with Crippen LogP contribution in [0.5, 0.6) is 0 Å². The van der Waals surface area contributed by atoms with Crippen molar-refractivity contribution >= 4 is 5.91 Å². The molecule has 5 nitrogen and oxygen atoms in total. The minimum atomic E-state index is 0.00697. The van der Waals surface area contributed by atoms with Crippen molar-refractivity contribution in [2.75, 3.05) is 6.54 Å². The number of aromatic nitrogens is 2. The Hall–Kier alpha value is -1.36. The summed E-state index contributed by atoms with van der Waals surface area (Å²) in [7, 11) is 1.89. The van der Waals surface area contributed by atoms with Crippen LogP contribution in [0.4, 0.5) is 0 Å². The van der Waals surface area contributed by atoms with E-state index in [1.54, 1.807) is 0 Å². The molecule has 2 N–H and O–H groups in total. The number of nitrogens with two attached hydrogens (primary N) is 1. The lowest BCUT2D eigenvalue weighted by Gasteiger charge is -2.37. The molecule has 20 heavy (non-hydrogen) atoms. The number of piperidine rings is 1. The molecule has 2 unspecified atom stereocenters. The van der Waals surface area contributed by atoms with E-state index in [2.05, 4.69) is 18.9 Å². The molecule has 0 saturated carbocycles. The van der Waals surface area contributed by atoms with Gasteiger partial charge in [-0.1, -0.05) is 13.8 Å². The Balaban J connectivity index is 2.23. The summed E-state index contributed by atoms with van der Waals surface area (Å²) < 4.78 is 1.81. The molecule has 2 heterocycles. The van der Waals surface area contributed by atoms with Gasteiger partial charge in [-0.2, -0.15) is 5.10 Å². The minimum absolute atomic E-state index is 0.00697. The summed E-state index contributed by atoms with van der Waals surface area (Å²) in [6.07, 6.45) is 3.20. The molecule has 1 fully saturated rings. The highest BCUT2D eigenvalue weighted by Gasteiger charge is 2.31. The van der Waals surface area contributed by atoms with E-state index in [0.29, 0.717) is 11.6 Å². The Bertz CT molecular complexity index is 478. The molecule has 1 aliphatic rings. The van der Waals surface area contributed by atoms with Gasteiger partial charge in [-0.25, -0.2) is 0 Å². The van der Waals surface area contributed by atoms with Crippen LogP contribution in [-0.4, -0.2) is 39.2 Å². The van der Waals surface area contributed by atoms with Gasteiger partial charge in [0.1, 0.15) is 0 Å². The van der Waals surface area contributed by atoms with E-state index >= 15 is 0 Å². The molecule has 2 atom stereocenters. The van der Waals surface area contributed by atoms with Crippen molar-refractivity contribution in [1.82, 2.24) is 14.7 Å². The van der Waals surface area contributed by atoms with Crippen molar-refractivity contribution in [3.05, 3.63) is 17.5 Å². The maximum absolute atomic E-state index is 12.7. The van der Waals surface area contributed by atoms with Crippen molar-refractivity contribution in [2.24, 2.45) is 12.8 Å². The summed E-state index contributed by atoms with van der Waals surface area (Å²) in [6, 6.07) is 2.06. The lowest BCUT2D eigenvalue weighted by Crippen LogP contribution is -2.51. The zero-order chi connectivity index (χ0) is 14.9. The first kappa shape index (κ1) is 15.0. The maximum Gasteiger partial charge on any atom is 0.274 e.